The number of nitrogens with one attached hydrogen (secondary N) is 1. The van der Waals surface area contributed by atoms with Gasteiger partial charge in [-0.1, -0.05) is 42.4 Å². The Balaban J connectivity index is 1.64. The predicted molar refractivity (Wildman–Crippen MR) is 95.8 cm³/mol. The molecule has 0 spiro atoms. The summed E-state index contributed by atoms with van der Waals surface area (Å²) in [7, 11) is 0. The second-order valence-corrected chi connectivity index (χ2v) is 6.58. The molecule has 1 saturated carbocycles. The molecule has 0 unspecified atom stereocenters. The van der Waals surface area contributed by atoms with Crippen molar-refractivity contribution in [2.24, 2.45) is 0 Å². The number of likely N-dealkylation sites (N-methyl/N-ethyl adjacent to an activating group) is 1. The van der Waals surface area contributed by atoms with Crippen LogP contribution >= 0.6 is 0 Å². The number of hydrogen-bond donors (Lipinski definition) is 2. The minimum absolute atomic E-state index is 0.0325. The molecule has 2 N–H and O–H groups in total. The topological polar surface area (TPSA) is 95.7 Å². The van der Waals surface area contributed by atoms with Gasteiger partial charge in [-0.25, -0.2) is 0 Å². The molecule has 1 aliphatic carbocycles. The molecule has 1 amide bonds. The van der Waals surface area contributed by atoms with Crippen LogP contribution in [0.4, 0.5) is 0 Å². The maximum absolute atomic E-state index is 12.7. The van der Waals surface area contributed by atoms with Crippen molar-refractivity contribution in [3.63, 3.8) is 0 Å². The number of carboxylic acids is 1. The van der Waals surface area contributed by atoms with Gasteiger partial charge in [-0.05, 0) is 26.3 Å². The van der Waals surface area contributed by atoms with Gasteiger partial charge in [0.15, 0.2) is 0 Å². The molecule has 3 rings (SSSR count). The Morgan fingerprint density at radius 3 is 2.62 bits per heavy atom. The fourth-order valence-corrected chi connectivity index (χ4v) is 3.37. The smallest absolute Gasteiger partial charge is 0.317 e. The lowest BCUT2D eigenvalue weighted by Crippen LogP contribution is -2.54. The first-order valence-corrected chi connectivity index (χ1v) is 8.78. The van der Waals surface area contributed by atoms with Crippen molar-refractivity contribution in [1.82, 2.24) is 15.4 Å². The Hall–Kier alpha value is -2.67. The largest absolute Gasteiger partial charge is 0.480 e. The lowest BCUT2D eigenvalue weighted by molar-refractivity contribution is -0.139. The van der Waals surface area contributed by atoms with E-state index in [2.05, 4.69) is 10.5 Å². The molecule has 1 aromatic heterocycles. The normalized spacial score (nSPS) is 19.2. The number of amides is 1. The summed E-state index contributed by atoms with van der Waals surface area (Å²) in [4.78, 5) is 25.6. The monoisotopic (exact) mass is 357 g/mol. The third-order valence-corrected chi connectivity index (χ3v) is 4.85. The molecule has 7 heteroatoms. The predicted octanol–water partition coefficient (Wildman–Crippen LogP) is 2.32. The van der Waals surface area contributed by atoms with Crippen molar-refractivity contribution in [2.75, 3.05) is 13.1 Å². The van der Waals surface area contributed by atoms with Crippen LogP contribution in [0.3, 0.4) is 0 Å². The van der Waals surface area contributed by atoms with Gasteiger partial charge < -0.3 is 14.9 Å². The first-order valence-electron chi connectivity index (χ1n) is 8.78. The summed E-state index contributed by atoms with van der Waals surface area (Å²) in [6.07, 6.45) is 1.50. The van der Waals surface area contributed by atoms with Crippen molar-refractivity contribution >= 4 is 11.9 Å². The highest BCUT2D eigenvalue weighted by Gasteiger charge is 2.35. The van der Waals surface area contributed by atoms with Crippen LogP contribution in [-0.2, 0) is 4.79 Å². The lowest BCUT2D eigenvalue weighted by Gasteiger charge is -2.42. The lowest BCUT2D eigenvalue weighted by atomic mass is 9.85. The molecule has 7 nitrogen and oxygen atoms in total. The fraction of sp³-hybridized carbons (Fsp3) is 0.421. The highest BCUT2D eigenvalue weighted by atomic mass is 16.5. The van der Waals surface area contributed by atoms with Gasteiger partial charge in [-0.15, -0.1) is 0 Å². The van der Waals surface area contributed by atoms with Gasteiger partial charge in [0.05, 0.1) is 6.54 Å². The molecule has 0 atom stereocenters. The summed E-state index contributed by atoms with van der Waals surface area (Å²) >= 11 is 0. The van der Waals surface area contributed by atoms with Gasteiger partial charge in [0.2, 0.25) is 0 Å². The molecule has 2 aromatic rings. The number of nitrogens with zero attached hydrogens (tertiary/aromatic N) is 2. The summed E-state index contributed by atoms with van der Waals surface area (Å²) in [6.45, 7) is 4.39. The summed E-state index contributed by atoms with van der Waals surface area (Å²) in [5.74, 6) is -0.544. The van der Waals surface area contributed by atoms with E-state index in [9.17, 15) is 9.59 Å². The minimum atomic E-state index is -0.827. The van der Waals surface area contributed by atoms with Crippen LogP contribution in [0.1, 0.15) is 35.9 Å². The van der Waals surface area contributed by atoms with E-state index in [1.54, 1.807) is 6.92 Å². The molecular formula is C19H23N3O4. The highest BCUT2D eigenvalue weighted by molar-refractivity contribution is 6.01. The summed E-state index contributed by atoms with van der Waals surface area (Å²) in [5.41, 5.74) is 1.83. The van der Waals surface area contributed by atoms with E-state index in [-0.39, 0.29) is 24.5 Å². The van der Waals surface area contributed by atoms with Gasteiger partial charge in [-0.3, -0.25) is 14.5 Å². The number of aryl methyl sites for hydroxylation is 1. The zero-order valence-electron chi connectivity index (χ0n) is 14.9. The molecule has 0 aliphatic heterocycles. The SMILES string of the molecule is CCN(CC(=O)O)C1CC(NC(=O)c2c(-c3ccccc3)noc2C)C1. The zero-order valence-corrected chi connectivity index (χ0v) is 14.9. The van der Waals surface area contributed by atoms with Gasteiger partial charge >= 0.3 is 5.97 Å². The van der Waals surface area contributed by atoms with Crippen LogP contribution < -0.4 is 5.32 Å². The third kappa shape index (κ3) is 3.77. The van der Waals surface area contributed by atoms with E-state index in [1.165, 1.54) is 0 Å². The standard InChI is InChI=1S/C19H23N3O4/c1-3-22(11-16(23)24)15-9-14(10-15)20-19(25)17-12(2)26-21-18(17)13-7-5-4-6-8-13/h4-8,14-15H,3,9-11H2,1-2H3,(H,20,25)(H,23,24). The average Bonchev–Trinajstić information content (AvgIpc) is 2.98. The van der Waals surface area contributed by atoms with Gasteiger partial charge in [-0.2, -0.15) is 0 Å². The Labute approximate surface area is 152 Å². The maximum atomic E-state index is 12.7. The third-order valence-electron chi connectivity index (χ3n) is 4.85. The molecule has 1 heterocycles. The number of rotatable bonds is 7. The molecule has 1 fully saturated rings. The number of aliphatic carboxylic acids is 1. The molecular weight excluding hydrogens is 334 g/mol. The van der Waals surface area contributed by atoms with Gasteiger partial charge in [0.1, 0.15) is 17.0 Å². The van der Waals surface area contributed by atoms with E-state index in [1.807, 2.05) is 42.2 Å². The van der Waals surface area contributed by atoms with Crippen molar-refractivity contribution in [2.45, 2.75) is 38.8 Å². The van der Waals surface area contributed by atoms with Crippen LogP contribution in [0.25, 0.3) is 11.3 Å². The van der Waals surface area contributed by atoms with Crippen molar-refractivity contribution < 1.29 is 19.2 Å². The van der Waals surface area contributed by atoms with E-state index in [0.29, 0.717) is 23.6 Å². The Bertz CT molecular complexity index is 781. The first kappa shape index (κ1) is 18.1. The molecule has 0 radical (unpaired) electrons. The number of carbonyl (C=O) groups is 2. The van der Waals surface area contributed by atoms with Gasteiger partial charge in [0.25, 0.3) is 5.91 Å². The van der Waals surface area contributed by atoms with Crippen molar-refractivity contribution in [3.8, 4) is 11.3 Å². The number of hydrogen-bond acceptors (Lipinski definition) is 5. The highest BCUT2D eigenvalue weighted by Crippen LogP contribution is 2.28. The second-order valence-electron chi connectivity index (χ2n) is 6.58. The van der Waals surface area contributed by atoms with Crippen LogP contribution in [0.2, 0.25) is 0 Å². The molecule has 26 heavy (non-hydrogen) atoms. The molecule has 1 aromatic carbocycles. The van der Waals surface area contributed by atoms with E-state index < -0.39 is 5.97 Å². The van der Waals surface area contributed by atoms with Crippen LogP contribution in [-0.4, -0.2) is 52.2 Å². The molecule has 138 valence electrons. The van der Waals surface area contributed by atoms with E-state index in [4.69, 9.17) is 9.63 Å². The number of benzene rings is 1. The first-order chi connectivity index (χ1) is 12.5. The van der Waals surface area contributed by atoms with Crippen LogP contribution in [0.15, 0.2) is 34.9 Å². The average molecular weight is 357 g/mol. The van der Waals surface area contributed by atoms with Gasteiger partial charge in [0, 0.05) is 17.6 Å². The Morgan fingerprint density at radius 1 is 1.31 bits per heavy atom. The summed E-state index contributed by atoms with van der Waals surface area (Å²) in [5, 5.41) is 16.0. The minimum Gasteiger partial charge on any atom is -0.480 e. The summed E-state index contributed by atoms with van der Waals surface area (Å²) < 4.78 is 5.24. The number of carboxylic acid groups (broad SMARTS) is 1. The molecule has 0 saturated heterocycles. The zero-order chi connectivity index (χ0) is 18.7. The maximum Gasteiger partial charge on any atom is 0.317 e. The van der Waals surface area contributed by atoms with Crippen LogP contribution in [0, 0.1) is 6.92 Å². The van der Waals surface area contributed by atoms with E-state index >= 15 is 0 Å². The fourth-order valence-electron chi connectivity index (χ4n) is 3.37. The second kappa shape index (κ2) is 7.70. The van der Waals surface area contributed by atoms with Crippen molar-refractivity contribution in [3.05, 3.63) is 41.7 Å². The molecule has 1 aliphatic rings. The van der Waals surface area contributed by atoms with E-state index in [0.717, 1.165) is 18.4 Å². The summed E-state index contributed by atoms with van der Waals surface area (Å²) in [6, 6.07) is 9.68. The number of carbonyl (C=O) groups excluding carboxylic acids is 1. The Morgan fingerprint density at radius 2 is 2.00 bits per heavy atom. The quantitative estimate of drug-likeness (QED) is 0.789. The van der Waals surface area contributed by atoms with Crippen LogP contribution in [0.5, 0.6) is 0 Å². The number of aromatic nitrogens is 1. The molecule has 0 bridgehead atoms. The Kier molecular flexibility index (Phi) is 5.37. The van der Waals surface area contributed by atoms with Crippen molar-refractivity contribution in [1.29, 1.82) is 0 Å².